The highest BCUT2D eigenvalue weighted by Gasteiger charge is 2.35. The van der Waals surface area contributed by atoms with Crippen LogP contribution in [0.3, 0.4) is 0 Å². The lowest BCUT2D eigenvalue weighted by molar-refractivity contribution is 0.660. The van der Waals surface area contributed by atoms with Crippen molar-refractivity contribution in [2.45, 2.75) is 32.1 Å². The van der Waals surface area contributed by atoms with E-state index in [0.29, 0.717) is 0 Å². The number of rotatable bonds is 2. The lowest BCUT2D eigenvalue weighted by Gasteiger charge is -2.21. The number of benzene rings is 5. The Morgan fingerprint density at radius 2 is 1.32 bits per heavy atom. The summed E-state index contributed by atoms with van der Waals surface area (Å²) in [5.41, 5.74) is 14.5. The molecular formula is C39H30N2. The van der Waals surface area contributed by atoms with Gasteiger partial charge in [0.25, 0.3) is 0 Å². The number of fused-ring (bicyclic) bond motifs is 9. The van der Waals surface area contributed by atoms with Crippen molar-refractivity contribution in [3.63, 3.8) is 0 Å². The minimum Gasteiger partial charge on any atom is -0.312 e. The molecule has 0 saturated heterocycles. The Balaban J connectivity index is 1.36. The average Bonchev–Trinajstić information content (AvgIpc) is 3.61. The van der Waals surface area contributed by atoms with Gasteiger partial charge in [-0.3, -0.25) is 0 Å². The van der Waals surface area contributed by atoms with Crippen LogP contribution in [0.2, 0.25) is 0 Å². The molecule has 0 unspecified atom stereocenters. The SMILES string of the molecule is CC1(C)c2ccccc2-c2cc(-n3c4ccccc4c4c(-n5c6c(c7ccccc75)C=CCC6)cccc43)ccc21. The topological polar surface area (TPSA) is 9.86 Å². The molecule has 0 spiro atoms. The first-order valence-corrected chi connectivity index (χ1v) is 14.7. The fourth-order valence-electron chi connectivity index (χ4n) is 7.76. The van der Waals surface area contributed by atoms with E-state index in [1.54, 1.807) is 0 Å². The van der Waals surface area contributed by atoms with Gasteiger partial charge in [-0.1, -0.05) is 98.8 Å². The van der Waals surface area contributed by atoms with Crippen molar-refractivity contribution >= 4 is 38.8 Å². The van der Waals surface area contributed by atoms with E-state index in [1.807, 2.05) is 0 Å². The summed E-state index contributed by atoms with van der Waals surface area (Å²) in [7, 11) is 0. The van der Waals surface area contributed by atoms with Crippen LogP contribution in [0.1, 0.15) is 42.7 Å². The molecule has 196 valence electrons. The zero-order valence-corrected chi connectivity index (χ0v) is 23.4. The van der Waals surface area contributed by atoms with Gasteiger partial charge in [0.15, 0.2) is 0 Å². The minimum absolute atomic E-state index is 0.00146. The third kappa shape index (κ3) is 2.97. The molecule has 2 heteroatoms. The van der Waals surface area contributed by atoms with Crippen LogP contribution in [0.4, 0.5) is 0 Å². The molecule has 5 aromatic carbocycles. The Morgan fingerprint density at radius 1 is 0.610 bits per heavy atom. The summed E-state index contributed by atoms with van der Waals surface area (Å²) in [6, 6.07) is 40.6. The first-order valence-electron chi connectivity index (χ1n) is 14.7. The van der Waals surface area contributed by atoms with Crippen LogP contribution >= 0.6 is 0 Å². The van der Waals surface area contributed by atoms with Crippen molar-refractivity contribution in [1.29, 1.82) is 0 Å². The molecule has 0 amide bonds. The molecule has 41 heavy (non-hydrogen) atoms. The van der Waals surface area contributed by atoms with Crippen LogP contribution in [0.5, 0.6) is 0 Å². The molecule has 9 rings (SSSR count). The van der Waals surface area contributed by atoms with E-state index < -0.39 is 0 Å². The lowest BCUT2D eigenvalue weighted by Crippen LogP contribution is -2.14. The van der Waals surface area contributed by atoms with Crippen molar-refractivity contribution in [2.24, 2.45) is 0 Å². The highest BCUT2D eigenvalue weighted by Crippen LogP contribution is 2.49. The second-order valence-electron chi connectivity index (χ2n) is 12.1. The Bertz CT molecular complexity index is 2230. The van der Waals surface area contributed by atoms with E-state index in [4.69, 9.17) is 0 Å². The fraction of sp³-hybridized carbons (Fsp3) is 0.128. The standard InChI is InChI=1S/C39H30N2/c1-39(2)31-16-7-3-12-26(31)30-24-25(22-23-32(30)39)40-35-19-10-6-15-29(35)38-36(40)20-11-21-37(38)41-33-17-8-4-13-27(33)28-14-5-9-18-34(28)41/h3-8,10-17,19-24H,9,18H2,1-2H3. The Morgan fingerprint density at radius 3 is 2.20 bits per heavy atom. The molecule has 2 nitrogen and oxygen atoms in total. The smallest absolute Gasteiger partial charge is 0.0562 e. The maximum Gasteiger partial charge on any atom is 0.0562 e. The number of para-hydroxylation sites is 2. The number of hydrogen-bond donors (Lipinski definition) is 0. The molecule has 0 N–H and O–H groups in total. The average molecular weight is 527 g/mol. The van der Waals surface area contributed by atoms with Gasteiger partial charge >= 0.3 is 0 Å². The highest BCUT2D eigenvalue weighted by atomic mass is 15.0. The van der Waals surface area contributed by atoms with Crippen molar-refractivity contribution < 1.29 is 0 Å². The van der Waals surface area contributed by atoms with Gasteiger partial charge in [0, 0.05) is 38.5 Å². The Hall–Kier alpha value is -4.82. The van der Waals surface area contributed by atoms with E-state index >= 15 is 0 Å². The lowest BCUT2D eigenvalue weighted by atomic mass is 9.82. The Kier molecular flexibility index (Phi) is 4.54. The third-order valence-electron chi connectivity index (χ3n) is 9.59. The van der Waals surface area contributed by atoms with Crippen LogP contribution in [0, 0.1) is 0 Å². The maximum atomic E-state index is 2.54. The van der Waals surface area contributed by atoms with Gasteiger partial charge in [0.05, 0.1) is 22.2 Å². The summed E-state index contributed by atoms with van der Waals surface area (Å²) >= 11 is 0. The molecule has 7 aromatic rings. The zero-order chi connectivity index (χ0) is 27.3. The molecule has 0 aliphatic heterocycles. The monoisotopic (exact) mass is 526 g/mol. The molecule has 0 radical (unpaired) electrons. The molecule has 0 bridgehead atoms. The van der Waals surface area contributed by atoms with E-state index in [2.05, 4.69) is 144 Å². The molecule has 2 aliphatic rings. The van der Waals surface area contributed by atoms with Crippen molar-refractivity contribution in [3.8, 4) is 22.5 Å². The van der Waals surface area contributed by atoms with Gasteiger partial charge in [-0.2, -0.15) is 0 Å². The number of aromatic nitrogens is 2. The maximum absolute atomic E-state index is 2.54. The van der Waals surface area contributed by atoms with Gasteiger partial charge in [-0.15, -0.1) is 0 Å². The summed E-state index contributed by atoms with van der Waals surface area (Å²) in [4.78, 5) is 0. The van der Waals surface area contributed by atoms with Gasteiger partial charge in [0.1, 0.15) is 0 Å². The Labute approximate surface area is 239 Å². The van der Waals surface area contributed by atoms with Gasteiger partial charge in [-0.25, -0.2) is 0 Å². The van der Waals surface area contributed by atoms with Crippen LogP contribution in [-0.4, -0.2) is 9.13 Å². The first-order chi connectivity index (χ1) is 20.1. The van der Waals surface area contributed by atoms with Crippen molar-refractivity contribution in [3.05, 3.63) is 138 Å². The van der Waals surface area contributed by atoms with Gasteiger partial charge in [0.2, 0.25) is 0 Å². The van der Waals surface area contributed by atoms with Crippen LogP contribution in [0.25, 0.3) is 61.3 Å². The largest absolute Gasteiger partial charge is 0.312 e. The molecule has 2 aliphatic carbocycles. The van der Waals surface area contributed by atoms with Crippen LogP contribution in [0.15, 0.2) is 115 Å². The minimum atomic E-state index is 0.00146. The number of nitrogens with zero attached hydrogens (tertiary/aromatic N) is 2. The van der Waals surface area contributed by atoms with Crippen LogP contribution < -0.4 is 0 Å². The second kappa shape index (κ2) is 8.11. The molecule has 2 heterocycles. The van der Waals surface area contributed by atoms with E-state index in [9.17, 15) is 0 Å². The van der Waals surface area contributed by atoms with E-state index in [0.717, 1.165) is 12.8 Å². The molecule has 0 atom stereocenters. The first kappa shape index (κ1) is 22.9. The molecule has 0 fully saturated rings. The normalized spacial score (nSPS) is 15.0. The van der Waals surface area contributed by atoms with Crippen LogP contribution in [-0.2, 0) is 11.8 Å². The summed E-state index contributed by atoms with van der Waals surface area (Å²) < 4.78 is 5.01. The fourth-order valence-corrected chi connectivity index (χ4v) is 7.76. The summed E-state index contributed by atoms with van der Waals surface area (Å²) in [6.45, 7) is 4.70. The van der Waals surface area contributed by atoms with Gasteiger partial charge < -0.3 is 9.13 Å². The highest BCUT2D eigenvalue weighted by molar-refractivity contribution is 6.14. The van der Waals surface area contributed by atoms with Crippen molar-refractivity contribution in [1.82, 2.24) is 9.13 Å². The number of hydrogen-bond acceptors (Lipinski definition) is 0. The molecule has 0 saturated carbocycles. The molecular weight excluding hydrogens is 496 g/mol. The van der Waals surface area contributed by atoms with E-state index in [-0.39, 0.29) is 5.41 Å². The third-order valence-corrected chi connectivity index (χ3v) is 9.59. The summed E-state index contributed by atoms with van der Waals surface area (Å²) in [5, 5.41) is 3.93. The quantitative estimate of drug-likeness (QED) is 0.212. The van der Waals surface area contributed by atoms with E-state index in [1.165, 1.54) is 77.6 Å². The summed E-state index contributed by atoms with van der Waals surface area (Å²) in [5.74, 6) is 0. The second-order valence-corrected chi connectivity index (χ2v) is 12.1. The number of allylic oxidation sites excluding steroid dienone is 1. The molecule has 2 aromatic heterocycles. The predicted octanol–water partition coefficient (Wildman–Crippen LogP) is 9.99. The van der Waals surface area contributed by atoms with Gasteiger partial charge in [-0.05, 0) is 71.5 Å². The zero-order valence-electron chi connectivity index (χ0n) is 23.4. The predicted molar refractivity (Wildman–Crippen MR) is 173 cm³/mol. The summed E-state index contributed by atoms with van der Waals surface area (Å²) in [6.07, 6.45) is 6.77. The van der Waals surface area contributed by atoms with Crippen molar-refractivity contribution in [2.75, 3.05) is 0 Å².